The van der Waals surface area contributed by atoms with Gasteiger partial charge in [-0.2, -0.15) is 0 Å². The zero-order valence-electron chi connectivity index (χ0n) is 14.2. The molecule has 3 rings (SSSR count). The normalized spacial score (nSPS) is 16.2. The van der Waals surface area contributed by atoms with Crippen molar-refractivity contribution >= 4 is 5.97 Å². The molecule has 0 unspecified atom stereocenters. The van der Waals surface area contributed by atoms with Gasteiger partial charge in [-0.15, -0.1) is 0 Å². The molecule has 5 nitrogen and oxygen atoms in total. The lowest BCUT2D eigenvalue weighted by atomic mass is 9.97. The number of ether oxygens (including phenoxy) is 1. The quantitative estimate of drug-likeness (QED) is 0.766. The van der Waals surface area contributed by atoms with E-state index in [-0.39, 0.29) is 11.9 Å². The summed E-state index contributed by atoms with van der Waals surface area (Å²) < 4.78 is 7.34. The third-order valence-electron chi connectivity index (χ3n) is 4.57. The molecule has 0 amide bonds. The van der Waals surface area contributed by atoms with E-state index in [0.717, 1.165) is 44.8 Å². The molecule has 0 bridgehead atoms. The van der Waals surface area contributed by atoms with Crippen LogP contribution >= 0.6 is 0 Å². The first-order valence-corrected chi connectivity index (χ1v) is 8.69. The number of carbonyl (C=O) groups is 1. The summed E-state index contributed by atoms with van der Waals surface area (Å²) in [6.45, 7) is 5.84. The van der Waals surface area contributed by atoms with Gasteiger partial charge in [0.1, 0.15) is 5.82 Å². The number of aromatic nitrogens is 2. The van der Waals surface area contributed by atoms with Gasteiger partial charge >= 0.3 is 5.97 Å². The van der Waals surface area contributed by atoms with Gasteiger partial charge in [0.15, 0.2) is 0 Å². The number of benzene rings is 1. The molecule has 2 aromatic rings. The van der Waals surface area contributed by atoms with Crippen molar-refractivity contribution in [3.63, 3.8) is 0 Å². The zero-order valence-corrected chi connectivity index (χ0v) is 14.2. The van der Waals surface area contributed by atoms with E-state index >= 15 is 0 Å². The Morgan fingerprint density at radius 3 is 2.67 bits per heavy atom. The SMILES string of the molecule is CCOC(=O)C1CCN(Cc2nccn2Cc2ccccc2)CC1. The van der Waals surface area contributed by atoms with Crippen LogP contribution < -0.4 is 0 Å². The second-order valence-corrected chi connectivity index (χ2v) is 6.26. The van der Waals surface area contributed by atoms with E-state index in [2.05, 4.69) is 38.7 Å². The zero-order chi connectivity index (χ0) is 16.8. The topological polar surface area (TPSA) is 47.4 Å². The Bertz CT molecular complexity index is 646. The molecule has 0 aliphatic carbocycles. The predicted molar refractivity (Wildman–Crippen MR) is 92.4 cm³/mol. The van der Waals surface area contributed by atoms with E-state index in [1.54, 1.807) is 0 Å². The van der Waals surface area contributed by atoms with Crippen LogP contribution in [0.15, 0.2) is 42.7 Å². The van der Waals surface area contributed by atoms with E-state index in [1.807, 2.05) is 25.4 Å². The average molecular weight is 327 g/mol. The lowest BCUT2D eigenvalue weighted by Crippen LogP contribution is -2.37. The molecule has 0 atom stereocenters. The number of carbonyl (C=O) groups excluding carboxylic acids is 1. The Morgan fingerprint density at radius 2 is 1.96 bits per heavy atom. The summed E-state index contributed by atoms with van der Waals surface area (Å²) in [5.41, 5.74) is 1.28. The minimum absolute atomic E-state index is 0.0391. The van der Waals surface area contributed by atoms with Crippen LogP contribution in [0.4, 0.5) is 0 Å². The molecule has 24 heavy (non-hydrogen) atoms. The lowest BCUT2D eigenvalue weighted by Gasteiger charge is -2.30. The summed E-state index contributed by atoms with van der Waals surface area (Å²) in [5, 5.41) is 0. The number of piperidine rings is 1. The van der Waals surface area contributed by atoms with Crippen LogP contribution in [0, 0.1) is 5.92 Å². The molecule has 0 N–H and O–H groups in total. The third kappa shape index (κ3) is 4.23. The van der Waals surface area contributed by atoms with Crippen molar-refractivity contribution in [1.29, 1.82) is 0 Å². The second kappa shape index (κ2) is 8.11. The lowest BCUT2D eigenvalue weighted by molar-refractivity contribution is -0.149. The maximum Gasteiger partial charge on any atom is 0.309 e. The molecule has 0 saturated carbocycles. The van der Waals surface area contributed by atoms with Crippen LogP contribution in [0.1, 0.15) is 31.2 Å². The van der Waals surface area contributed by atoms with Crippen molar-refractivity contribution in [2.24, 2.45) is 5.92 Å². The first-order chi connectivity index (χ1) is 11.8. The molecule has 1 saturated heterocycles. The number of rotatable bonds is 6. The Hall–Kier alpha value is -2.14. The summed E-state index contributed by atoms with van der Waals surface area (Å²) in [6.07, 6.45) is 5.65. The molecular formula is C19H25N3O2. The maximum absolute atomic E-state index is 11.8. The number of imidazole rings is 1. The molecule has 1 aromatic carbocycles. The fraction of sp³-hybridized carbons (Fsp3) is 0.474. The molecule has 1 aliphatic heterocycles. The fourth-order valence-electron chi connectivity index (χ4n) is 3.20. The fourth-order valence-corrected chi connectivity index (χ4v) is 3.20. The highest BCUT2D eigenvalue weighted by atomic mass is 16.5. The van der Waals surface area contributed by atoms with Crippen molar-refractivity contribution in [2.45, 2.75) is 32.9 Å². The summed E-state index contributed by atoms with van der Waals surface area (Å²) >= 11 is 0. The molecule has 1 aliphatic rings. The minimum atomic E-state index is -0.0391. The highest BCUT2D eigenvalue weighted by molar-refractivity contribution is 5.72. The van der Waals surface area contributed by atoms with E-state index in [4.69, 9.17) is 4.74 Å². The third-order valence-corrected chi connectivity index (χ3v) is 4.57. The van der Waals surface area contributed by atoms with Gasteiger partial charge in [0.2, 0.25) is 0 Å². The number of hydrogen-bond acceptors (Lipinski definition) is 4. The van der Waals surface area contributed by atoms with Gasteiger partial charge in [-0.05, 0) is 38.4 Å². The summed E-state index contributed by atoms with van der Waals surface area (Å²) in [4.78, 5) is 18.7. The smallest absolute Gasteiger partial charge is 0.309 e. The van der Waals surface area contributed by atoms with E-state index < -0.39 is 0 Å². The largest absolute Gasteiger partial charge is 0.466 e. The maximum atomic E-state index is 11.8. The first-order valence-electron chi connectivity index (χ1n) is 8.69. The number of nitrogens with zero attached hydrogens (tertiary/aromatic N) is 3. The van der Waals surface area contributed by atoms with Crippen molar-refractivity contribution in [3.05, 3.63) is 54.1 Å². The summed E-state index contributed by atoms with van der Waals surface area (Å²) in [6, 6.07) is 10.4. The van der Waals surface area contributed by atoms with Gasteiger partial charge in [-0.1, -0.05) is 30.3 Å². The molecule has 2 heterocycles. The monoisotopic (exact) mass is 327 g/mol. The Kier molecular flexibility index (Phi) is 5.64. The summed E-state index contributed by atoms with van der Waals surface area (Å²) in [7, 11) is 0. The second-order valence-electron chi connectivity index (χ2n) is 6.26. The minimum Gasteiger partial charge on any atom is -0.466 e. The standard InChI is InChI=1S/C19H25N3O2/c1-2-24-19(23)17-8-11-21(12-9-17)15-18-20-10-13-22(18)14-16-6-4-3-5-7-16/h3-7,10,13,17H,2,8-9,11-12,14-15H2,1H3. The molecule has 1 aromatic heterocycles. The Balaban J connectivity index is 1.54. The first kappa shape index (κ1) is 16.7. The molecule has 128 valence electrons. The number of hydrogen-bond donors (Lipinski definition) is 0. The van der Waals surface area contributed by atoms with E-state index in [0.29, 0.717) is 6.61 Å². The van der Waals surface area contributed by atoms with Gasteiger partial charge in [0.05, 0.1) is 19.1 Å². The summed E-state index contributed by atoms with van der Waals surface area (Å²) in [5.74, 6) is 1.10. The van der Waals surface area contributed by atoms with Crippen LogP contribution in [0.2, 0.25) is 0 Å². The van der Waals surface area contributed by atoms with Crippen molar-refractivity contribution in [2.75, 3.05) is 19.7 Å². The van der Waals surface area contributed by atoms with Gasteiger partial charge in [-0.25, -0.2) is 4.98 Å². The van der Waals surface area contributed by atoms with E-state index in [1.165, 1.54) is 5.56 Å². The average Bonchev–Trinajstić information content (AvgIpc) is 3.03. The molecular weight excluding hydrogens is 302 g/mol. The van der Waals surface area contributed by atoms with Crippen LogP contribution in [-0.4, -0.2) is 40.1 Å². The van der Waals surface area contributed by atoms with Crippen LogP contribution in [0.5, 0.6) is 0 Å². The molecule has 5 heteroatoms. The van der Waals surface area contributed by atoms with Gasteiger partial charge in [0.25, 0.3) is 0 Å². The van der Waals surface area contributed by atoms with Crippen molar-refractivity contribution in [3.8, 4) is 0 Å². The molecule has 0 spiro atoms. The van der Waals surface area contributed by atoms with Crippen molar-refractivity contribution < 1.29 is 9.53 Å². The van der Waals surface area contributed by atoms with Crippen LogP contribution in [0.3, 0.4) is 0 Å². The van der Waals surface area contributed by atoms with Crippen LogP contribution in [-0.2, 0) is 22.6 Å². The van der Waals surface area contributed by atoms with Gasteiger partial charge in [0, 0.05) is 18.9 Å². The van der Waals surface area contributed by atoms with Crippen LogP contribution in [0.25, 0.3) is 0 Å². The van der Waals surface area contributed by atoms with Crippen molar-refractivity contribution in [1.82, 2.24) is 14.5 Å². The highest BCUT2D eigenvalue weighted by Crippen LogP contribution is 2.20. The van der Waals surface area contributed by atoms with Gasteiger partial charge < -0.3 is 9.30 Å². The highest BCUT2D eigenvalue weighted by Gasteiger charge is 2.26. The molecule has 1 fully saturated rings. The number of esters is 1. The van der Waals surface area contributed by atoms with Gasteiger partial charge in [-0.3, -0.25) is 9.69 Å². The number of likely N-dealkylation sites (tertiary alicyclic amines) is 1. The van der Waals surface area contributed by atoms with E-state index in [9.17, 15) is 4.79 Å². The Morgan fingerprint density at radius 1 is 1.21 bits per heavy atom. The Labute approximate surface area is 143 Å². The molecule has 0 radical (unpaired) electrons. The predicted octanol–water partition coefficient (Wildman–Crippen LogP) is 2.71.